The molecule has 0 heterocycles. The smallest absolute Gasteiger partial charge is 0.118 e. The molecule has 1 N–H and O–H groups in total. The van der Waals surface area contributed by atoms with Gasteiger partial charge in [0.2, 0.25) is 0 Å². The van der Waals surface area contributed by atoms with Crippen LogP contribution in [0, 0.1) is 17.8 Å². The van der Waals surface area contributed by atoms with Crippen LogP contribution in [-0.4, -0.2) is 23.4 Å². The zero-order chi connectivity index (χ0) is 14.0. The van der Waals surface area contributed by atoms with Crippen molar-refractivity contribution in [3.63, 3.8) is 0 Å². The van der Waals surface area contributed by atoms with Crippen molar-refractivity contribution < 1.29 is 9.84 Å². The molecule has 0 fully saturated rings. The Kier molecular flexibility index (Phi) is 10.1. The Hall–Kier alpha value is -0.520. The van der Waals surface area contributed by atoms with Crippen LogP contribution in [0.15, 0.2) is 0 Å². The fourth-order valence-electron chi connectivity index (χ4n) is 1.84. The van der Waals surface area contributed by atoms with Gasteiger partial charge in [0.1, 0.15) is 6.10 Å². The molecule has 2 nitrogen and oxygen atoms in total. The second-order valence-corrected chi connectivity index (χ2v) is 5.57. The van der Waals surface area contributed by atoms with Gasteiger partial charge in [-0.1, -0.05) is 33.1 Å². The molecule has 0 aromatic rings. The van der Waals surface area contributed by atoms with Gasteiger partial charge in [0, 0.05) is 6.42 Å². The fourth-order valence-corrected chi connectivity index (χ4v) is 1.84. The molecule has 18 heavy (non-hydrogen) atoms. The first kappa shape index (κ1) is 17.5. The molecular formula is C16H30O2. The van der Waals surface area contributed by atoms with E-state index in [2.05, 4.69) is 32.6 Å². The molecule has 0 spiro atoms. The average Bonchev–Trinajstić information content (AvgIpc) is 2.22. The summed E-state index contributed by atoms with van der Waals surface area (Å²) in [5, 5.41) is 9.35. The number of aliphatic hydroxyl groups excluding tert-OH is 1. The highest BCUT2D eigenvalue weighted by Gasteiger charge is 2.14. The fraction of sp³-hybridized carbons (Fsp3) is 0.875. The first-order valence-corrected chi connectivity index (χ1v) is 7.27. The van der Waals surface area contributed by atoms with Crippen molar-refractivity contribution in [3.05, 3.63) is 0 Å². The van der Waals surface area contributed by atoms with Crippen molar-refractivity contribution in [3.8, 4) is 11.8 Å². The summed E-state index contributed by atoms with van der Waals surface area (Å²) in [5.74, 6) is 7.03. The van der Waals surface area contributed by atoms with Crippen molar-refractivity contribution >= 4 is 0 Å². The lowest BCUT2D eigenvalue weighted by atomic mass is 10.1. The van der Waals surface area contributed by atoms with Crippen molar-refractivity contribution in [1.29, 1.82) is 0 Å². The lowest BCUT2D eigenvalue weighted by molar-refractivity contribution is -0.00593. The van der Waals surface area contributed by atoms with Crippen molar-refractivity contribution in [2.24, 2.45) is 5.92 Å². The van der Waals surface area contributed by atoms with Crippen LogP contribution >= 0.6 is 0 Å². The number of rotatable bonds is 8. The summed E-state index contributed by atoms with van der Waals surface area (Å²) in [6.45, 7) is 10.3. The molecule has 0 rings (SSSR count). The van der Waals surface area contributed by atoms with Crippen LogP contribution in [0.4, 0.5) is 0 Å². The van der Waals surface area contributed by atoms with Crippen molar-refractivity contribution in [1.82, 2.24) is 0 Å². The van der Waals surface area contributed by atoms with E-state index in [0.29, 0.717) is 12.3 Å². The summed E-state index contributed by atoms with van der Waals surface area (Å²) in [7, 11) is 0. The summed E-state index contributed by atoms with van der Waals surface area (Å²) in [6, 6.07) is 0. The summed E-state index contributed by atoms with van der Waals surface area (Å²) < 4.78 is 5.92. The third-order valence-corrected chi connectivity index (χ3v) is 2.67. The lowest BCUT2D eigenvalue weighted by Crippen LogP contribution is -2.23. The molecular weight excluding hydrogens is 224 g/mol. The summed E-state index contributed by atoms with van der Waals surface area (Å²) in [4.78, 5) is 0. The van der Waals surface area contributed by atoms with Gasteiger partial charge in [-0.25, -0.2) is 0 Å². The van der Waals surface area contributed by atoms with Crippen LogP contribution in [0.1, 0.15) is 66.7 Å². The van der Waals surface area contributed by atoms with Crippen molar-refractivity contribution in [2.45, 2.75) is 85.0 Å². The number of ether oxygens (including phenoxy) is 1. The summed E-state index contributed by atoms with van der Waals surface area (Å²) >= 11 is 0. The van der Waals surface area contributed by atoms with Gasteiger partial charge in [0.15, 0.2) is 0 Å². The quantitative estimate of drug-likeness (QED) is 0.528. The van der Waals surface area contributed by atoms with Gasteiger partial charge in [-0.3, -0.25) is 0 Å². The van der Waals surface area contributed by atoms with Gasteiger partial charge < -0.3 is 9.84 Å². The Labute approximate surface area is 113 Å². The second kappa shape index (κ2) is 10.4. The second-order valence-electron chi connectivity index (χ2n) is 5.57. The molecule has 3 atom stereocenters. The van der Waals surface area contributed by atoms with E-state index in [4.69, 9.17) is 4.74 Å². The van der Waals surface area contributed by atoms with E-state index < -0.39 is 0 Å². The van der Waals surface area contributed by atoms with E-state index in [9.17, 15) is 5.11 Å². The number of hydrogen-bond acceptors (Lipinski definition) is 2. The number of unbranched alkanes of at least 4 members (excludes halogenated alkanes) is 2. The average molecular weight is 254 g/mol. The predicted octanol–water partition coefficient (Wildman–Crippen LogP) is 3.77. The van der Waals surface area contributed by atoms with Crippen LogP contribution in [0.3, 0.4) is 0 Å². The van der Waals surface area contributed by atoms with Gasteiger partial charge in [-0.05, 0) is 39.0 Å². The van der Waals surface area contributed by atoms with Crippen LogP contribution in [0.25, 0.3) is 0 Å². The largest absolute Gasteiger partial charge is 0.393 e. The third-order valence-electron chi connectivity index (χ3n) is 2.67. The van der Waals surface area contributed by atoms with E-state index >= 15 is 0 Å². The first-order valence-electron chi connectivity index (χ1n) is 7.27. The minimum Gasteiger partial charge on any atom is -0.393 e. The molecule has 0 bridgehead atoms. The van der Waals surface area contributed by atoms with Crippen LogP contribution in [0.2, 0.25) is 0 Å². The standard InChI is InChI=1S/C16H30O2/c1-6-7-8-9-10-16(11-13(2)3)18-15(5)12-14(4)17/h13-17H,6-8,11-12H2,1-5H3/t14-,15-,16-/m1/s1. The molecule has 0 aromatic heterocycles. The van der Waals surface area contributed by atoms with Crippen LogP contribution in [-0.2, 0) is 4.74 Å². The molecule has 106 valence electrons. The molecule has 0 aliphatic heterocycles. The highest BCUT2D eigenvalue weighted by Crippen LogP contribution is 2.12. The normalized spacial score (nSPS) is 15.9. The Bertz CT molecular complexity index is 248. The zero-order valence-electron chi connectivity index (χ0n) is 12.7. The van der Waals surface area contributed by atoms with Gasteiger partial charge >= 0.3 is 0 Å². The molecule has 0 aliphatic rings. The van der Waals surface area contributed by atoms with E-state index in [1.807, 2.05) is 6.92 Å². The monoisotopic (exact) mass is 254 g/mol. The maximum atomic E-state index is 9.35. The number of hydrogen-bond donors (Lipinski definition) is 1. The maximum absolute atomic E-state index is 9.35. The molecule has 0 aliphatic carbocycles. The third kappa shape index (κ3) is 10.6. The molecule has 0 saturated heterocycles. The highest BCUT2D eigenvalue weighted by atomic mass is 16.5. The van der Waals surface area contributed by atoms with Gasteiger partial charge in [0.25, 0.3) is 0 Å². The van der Waals surface area contributed by atoms with E-state index in [0.717, 1.165) is 19.3 Å². The van der Waals surface area contributed by atoms with Crippen LogP contribution in [0.5, 0.6) is 0 Å². The zero-order valence-corrected chi connectivity index (χ0v) is 12.7. The minimum atomic E-state index is -0.312. The summed E-state index contributed by atoms with van der Waals surface area (Å²) in [5.41, 5.74) is 0. The Morgan fingerprint density at radius 1 is 1.11 bits per heavy atom. The van der Waals surface area contributed by atoms with E-state index in [-0.39, 0.29) is 18.3 Å². The minimum absolute atomic E-state index is 0.00982. The molecule has 2 heteroatoms. The Balaban J connectivity index is 4.24. The Morgan fingerprint density at radius 3 is 2.28 bits per heavy atom. The van der Waals surface area contributed by atoms with Gasteiger partial charge in [-0.2, -0.15) is 0 Å². The summed E-state index contributed by atoms with van der Waals surface area (Å²) in [6.07, 6.45) is 4.69. The SMILES string of the molecule is CCCCC#C[C@H](CC(C)C)O[C@H](C)C[C@@H](C)O. The van der Waals surface area contributed by atoms with Gasteiger partial charge in [0.05, 0.1) is 12.2 Å². The lowest BCUT2D eigenvalue weighted by Gasteiger charge is -2.21. The van der Waals surface area contributed by atoms with Crippen LogP contribution < -0.4 is 0 Å². The topological polar surface area (TPSA) is 29.5 Å². The molecule has 0 radical (unpaired) electrons. The van der Waals surface area contributed by atoms with E-state index in [1.54, 1.807) is 6.92 Å². The highest BCUT2D eigenvalue weighted by molar-refractivity contribution is 5.05. The number of aliphatic hydroxyl groups is 1. The Morgan fingerprint density at radius 2 is 1.78 bits per heavy atom. The maximum Gasteiger partial charge on any atom is 0.118 e. The molecule has 0 saturated carbocycles. The van der Waals surface area contributed by atoms with Crippen molar-refractivity contribution in [2.75, 3.05) is 0 Å². The predicted molar refractivity (Wildman–Crippen MR) is 77.4 cm³/mol. The molecule has 0 amide bonds. The first-order chi connectivity index (χ1) is 8.45. The molecule has 0 aromatic carbocycles. The molecule has 0 unspecified atom stereocenters. The van der Waals surface area contributed by atoms with E-state index in [1.165, 1.54) is 6.42 Å². The van der Waals surface area contributed by atoms with Gasteiger partial charge in [-0.15, -0.1) is 5.92 Å².